The summed E-state index contributed by atoms with van der Waals surface area (Å²) in [5.74, 6) is 0.705. The van der Waals surface area contributed by atoms with Crippen LogP contribution < -0.4 is 5.43 Å². The van der Waals surface area contributed by atoms with E-state index in [4.69, 9.17) is 0 Å². The molecule has 0 atom stereocenters. The van der Waals surface area contributed by atoms with Gasteiger partial charge >= 0.3 is 0 Å². The maximum atomic E-state index is 11.8. The lowest BCUT2D eigenvalue weighted by Gasteiger charge is -2.05. The summed E-state index contributed by atoms with van der Waals surface area (Å²) in [5.41, 5.74) is 3.70. The first-order valence-corrected chi connectivity index (χ1v) is 7.94. The lowest BCUT2D eigenvalue weighted by molar-refractivity contribution is -0.120. The fourth-order valence-corrected chi connectivity index (χ4v) is 2.69. The van der Waals surface area contributed by atoms with Crippen molar-refractivity contribution in [2.75, 3.05) is 5.75 Å². The molecule has 0 spiro atoms. The lowest BCUT2D eigenvalue weighted by Crippen LogP contribution is -2.19. The highest BCUT2D eigenvalue weighted by molar-refractivity contribution is 7.99. The summed E-state index contributed by atoms with van der Waals surface area (Å²) in [4.78, 5) is 12.9. The van der Waals surface area contributed by atoms with Crippen LogP contribution in [0.5, 0.6) is 5.75 Å². The third kappa shape index (κ3) is 4.93. The Kier molecular flexibility index (Phi) is 6.03. The van der Waals surface area contributed by atoms with Gasteiger partial charge < -0.3 is 5.11 Å². The highest BCUT2D eigenvalue weighted by Crippen LogP contribution is 2.18. The fraction of sp³-hybridized carbons (Fsp3) is 0.176. The number of hydrazone groups is 1. The van der Waals surface area contributed by atoms with E-state index >= 15 is 0 Å². The number of amides is 1. The van der Waals surface area contributed by atoms with Gasteiger partial charge in [-0.15, -0.1) is 11.8 Å². The molecule has 0 aliphatic heterocycles. The van der Waals surface area contributed by atoms with Crippen molar-refractivity contribution in [2.24, 2.45) is 5.10 Å². The Morgan fingerprint density at radius 2 is 1.82 bits per heavy atom. The zero-order valence-corrected chi connectivity index (χ0v) is 13.1. The molecule has 0 radical (unpaired) electrons. The predicted molar refractivity (Wildman–Crippen MR) is 90.2 cm³/mol. The number of benzene rings is 2. The van der Waals surface area contributed by atoms with E-state index in [2.05, 4.69) is 10.5 Å². The average molecular weight is 314 g/mol. The van der Waals surface area contributed by atoms with Crippen LogP contribution in [0.25, 0.3) is 0 Å². The van der Waals surface area contributed by atoms with E-state index in [-0.39, 0.29) is 11.7 Å². The molecule has 0 aliphatic carbocycles. The maximum absolute atomic E-state index is 11.8. The molecule has 2 N–H and O–H groups in total. The molecule has 1 amide bonds. The van der Waals surface area contributed by atoms with Crippen LogP contribution in [-0.4, -0.2) is 22.5 Å². The van der Waals surface area contributed by atoms with Crippen molar-refractivity contribution in [3.63, 3.8) is 0 Å². The number of carbonyl (C=O) groups is 1. The van der Waals surface area contributed by atoms with Gasteiger partial charge in [0.05, 0.1) is 5.71 Å². The van der Waals surface area contributed by atoms with Gasteiger partial charge in [-0.05, 0) is 31.2 Å². The van der Waals surface area contributed by atoms with Crippen molar-refractivity contribution in [1.29, 1.82) is 0 Å². The second kappa shape index (κ2) is 8.24. The minimum Gasteiger partial charge on any atom is -0.507 e. The Labute approximate surface area is 134 Å². The Bertz CT molecular complexity index is 657. The summed E-state index contributed by atoms with van der Waals surface area (Å²) >= 11 is 1.63. The molecule has 5 heteroatoms. The van der Waals surface area contributed by atoms with Crippen LogP contribution in [0, 0.1) is 0 Å². The molecule has 0 unspecified atom stereocenters. The van der Waals surface area contributed by atoms with Gasteiger partial charge in [-0.25, -0.2) is 5.43 Å². The number of hydrogen-bond acceptors (Lipinski definition) is 4. The monoisotopic (exact) mass is 314 g/mol. The van der Waals surface area contributed by atoms with Crippen LogP contribution >= 0.6 is 11.8 Å². The minimum atomic E-state index is -0.141. The molecule has 4 nitrogen and oxygen atoms in total. The molecule has 0 aromatic heterocycles. The van der Waals surface area contributed by atoms with E-state index in [9.17, 15) is 9.90 Å². The Morgan fingerprint density at radius 1 is 1.14 bits per heavy atom. The second-order valence-corrected chi connectivity index (χ2v) is 5.83. The standard InChI is InChI=1S/C17H18N2O2S/c1-13(15-9-5-6-10-16(15)20)18-19-17(21)11-12-22-14-7-3-2-4-8-14/h2-10,20H,11-12H2,1H3,(H,19,21)/b18-13-. The van der Waals surface area contributed by atoms with E-state index in [1.807, 2.05) is 36.4 Å². The molecular formula is C17H18N2O2S. The number of para-hydroxylation sites is 1. The maximum Gasteiger partial charge on any atom is 0.240 e. The first-order valence-electron chi connectivity index (χ1n) is 6.96. The van der Waals surface area contributed by atoms with Gasteiger partial charge in [-0.2, -0.15) is 5.10 Å². The van der Waals surface area contributed by atoms with Gasteiger partial charge in [0.25, 0.3) is 0 Å². The van der Waals surface area contributed by atoms with Crippen LogP contribution in [-0.2, 0) is 4.79 Å². The molecule has 0 aliphatic rings. The molecule has 0 saturated carbocycles. The third-order valence-electron chi connectivity index (χ3n) is 2.98. The van der Waals surface area contributed by atoms with E-state index < -0.39 is 0 Å². The number of phenols is 1. The normalized spacial score (nSPS) is 11.2. The molecule has 2 aromatic rings. The molecule has 0 bridgehead atoms. The number of hydrogen-bond donors (Lipinski definition) is 2. The van der Waals surface area contributed by atoms with Gasteiger partial charge in [-0.1, -0.05) is 30.3 Å². The van der Waals surface area contributed by atoms with Gasteiger partial charge in [0.15, 0.2) is 0 Å². The topological polar surface area (TPSA) is 61.7 Å². The largest absolute Gasteiger partial charge is 0.507 e. The lowest BCUT2D eigenvalue weighted by atomic mass is 10.1. The van der Waals surface area contributed by atoms with Crippen molar-refractivity contribution >= 4 is 23.4 Å². The second-order valence-electron chi connectivity index (χ2n) is 4.66. The number of nitrogens with one attached hydrogen (secondary N) is 1. The number of carbonyl (C=O) groups excluding carboxylic acids is 1. The first-order chi connectivity index (χ1) is 10.7. The minimum absolute atomic E-state index is 0.141. The third-order valence-corrected chi connectivity index (χ3v) is 4.00. The van der Waals surface area contributed by atoms with Crippen LogP contribution in [0.3, 0.4) is 0 Å². The van der Waals surface area contributed by atoms with E-state index in [1.54, 1.807) is 36.9 Å². The summed E-state index contributed by atoms with van der Waals surface area (Å²) in [7, 11) is 0. The van der Waals surface area contributed by atoms with Gasteiger partial charge in [0.1, 0.15) is 5.75 Å². The Morgan fingerprint density at radius 3 is 2.55 bits per heavy atom. The van der Waals surface area contributed by atoms with Crippen LogP contribution in [0.1, 0.15) is 18.9 Å². The van der Waals surface area contributed by atoms with Crippen molar-refractivity contribution in [1.82, 2.24) is 5.43 Å². The van der Waals surface area contributed by atoms with Gasteiger partial charge in [0.2, 0.25) is 5.91 Å². The van der Waals surface area contributed by atoms with Crippen LogP contribution in [0.2, 0.25) is 0 Å². The fourth-order valence-electron chi connectivity index (χ4n) is 1.82. The number of aromatic hydroxyl groups is 1. The van der Waals surface area contributed by atoms with E-state index in [0.29, 0.717) is 23.4 Å². The van der Waals surface area contributed by atoms with Crippen LogP contribution in [0.15, 0.2) is 64.6 Å². The SMILES string of the molecule is C/C(=N/NC(=O)CCSc1ccccc1)c1ccccc1O. The highest BCUT2D eigenvalue weighted by Gasteiger charge is 2.05. The van der Waals surface area contributed by atoms with Gasteiger partial charge in [-0.3, -0.25) is 4.79 Å². The average Bonchev–Trinajstić information content (AvgIpc) is 2.54. The molecule has 114 valence electrons. The quantitative estimate of drug-likeness (QED) is 0.488. The number of rotatable bonds is 6. The van der Waals surface area contributed by atoms with E-state index in [0.717, 1.165) is 4.90 Å². The zero-order chi connectivity index (χ0) is 15.8. The Hall–Kier alpha value is -2.27. The summed E-state index contributed by atoms with van der Waals surface area (Å²) in [6.07, 6.45) is 0.386. The molecular weight excluding hydrogens is 296 g/mol. The molecule has 22 heavy (non-hydrogen) atoms. The molecule has 0 heterocycles. The van der Waals surface area contributed by atoms with Crippen molar-refractivity contribution < 1.29 is 9.90 Å². The summed E-state index contributed by atoms with van der Waals surface area (Å²) < 4.78 is 0. The van der Waals surface area contributed by atoms with Crippen LogP contribution in [0.4, 0.5) is 0 Å². The zero-order valence-electron chi connectivity index (χ0n) is 12.3. The molecule has 2 aromatic carbocycles. The number of thioether (sulfide) groups is 1. The van der Waals surface area contributed by atoms with Crippen molar-refractivity contribution in [3.8, 4) is 5.75 Å². The smallest absolute Gasteiger partial charge is 0.240 e. The summed E-state index contributed by atoms with van der Waals surface area (Å²) in [5, 5.41) is 13.7. The summed E-state index contributed by atoms with van der Waals surface area (Å²) in [6.45, 7) is 1.74. The van der Waals surface area contributed by atoms with Crippen molar-refractivity contribution in [2.45, 2.75) is 18.2 Å². The van der Waals surface area contributed by atoms with E-state index in [1.165, 1.54) is 0 Å². The first kappa shape index (κ1) is 16.1. The highest BCUT2D eigenvalue weighted by atomic mass is 32.2. The Balaban J connectivity index is 1.80. The number of nitrogens with zero attached hydrogens (tertiary/aromatic N) is 1. The molecule has 2 rings (SSSR count). The molecule has 0 saturated heterocycles. The molecule has 0 fully saturated rings. The van der Waals surface area contributed by atoms with Gasteiger partial charge in [0, 0.05) is 22.6 Å². The number of phenolic OH excluding ortho intramolecular Hbond substituents is 1. The summed E-state index contributed by atoms with van der Waals surface area (Å²) in [6, 6.07) is 16.8. The van der Waals surface area contributed by atoms with Crippen molar-refractivity contribution in [3.05, 3.63) is 60.2 Å². The predicted octanol–water partition coefficient (Wildman–Crippen LogP) is 3.41.